The van der Waals surface area contributed by atoms with Gasteiger partial charge in [-0.1, -0.05) is 18.2 Å². The number of thioether (sulfide) groups is 1. The van der Waals surface area contributed by atoms with Crippen molar-refractivity contribution in [2.75, 3.05) is 0 Å². The third-order valence-electron chi connectivity index (χ3n) is 3.48. The van der Waals surface area contributed by atoms with Gasteiger partial charge in [0.25, 0.3) is 0 Å². The second-order valence-electron chi connectivity index (χ2n) is 5.30. The predicted molar refractivity (Wildman–Crippen MR) is 83.5 cm³/mol. The Labute approximate surface area is 128 Å². The van der Waals surface area contributed by atoms with Gasteiger partial charge in [-0.15, -0.1) is 11.8 Å². The molecule has 3 nitrogen and oxygen atoms in total. The van der Waals surface area contributed by atoms with E-state index in [9.17, 15) is 4.79 Å². The molecule has 1 fully saturated rings. The van der Waals surface area contributed by atoms with Crippen LogP contribution in [0.1, 0.15) is 28.8 Å². The highest BCUT2D eigenvalue weighted by Crippen LogP contribution is 2.38. The van der Waals surface area contributed by atoms with Crippen molar-refractivity contribution in [1.29, 1.82) is 0 Å². The predicted octanol–water partition coefficient (Wildman–Crippen LogP) is 3.87. The van der Waals surface area contributed by atoms with Gasteiger partial charge in [-0.2, -0.15) is 0 Å². The minimum Gasteiger partial charge on any atom is -0.459 e. The number of hydrogen-bond acceptors (Lipinski definition) is 4. The zero-order valence-electron chi connectivity index (χ0n) is 11.9. The van der Waals surface area contributed by atoms with Crippen molar-refractivity contribution in [1.82, 2.24) is 4.98 Å². The van der Waals surface area contributed by atoms with E-state index < -0.39 is 0 Å². The van der Waals surface area contributed by atoms with Crippen LogP contribution in [-0.4, -0.2) is 22.3 Å². The Morgan fingerprint density at radius 3 is 2.71 bits per heavy atom. The number of aryl methyl sites for hydroxylation is 1. The number of carbonyl (C=O) groups excluding carboxylic acids is 1. The number of nitrogens with zero attached hydrogens (tertiary/aromatic N) is 1. The van der Waals surface area contributed by atoms with Gasteiger partial charge in [0, 0.05) is 22.5 Å². The average Bonchev–Trinajstić information content (AvgIpc) is 2.46. The van der Waals surface area contributed by atoms with Crippen LogP contribution in [-0.2, 0) is 4.74 Å². The van der Waals surface area contributed by atoms with E-state index in [-0.39, 0.29) is 12.1 Å². The van der Waals surface area contributed by atoms with E-state index in [0.29, 0.717) is 10.8 Å². The molecule has 0 amide bonds. The molecule has 0 radical (unpaired) electrons. The van der Waals surface area contributed by atoms with E-state index in [4.69, 9.17) is 4.74 Å². The lowest BCUT2D eigenvalue weighted by Crippen LogP contribution is -2.35. The number of carbonyl (C=O) groups is 1. The van der Waals surface area contributed by atoms with Crippen molar-refractivity contribution >= 4 is 17.7 Å². The molecule has 1 aliphatic rings. The fraction of sp³-hybridized carbons (Fsp3) is 0.294. The van der Waals surface area contributed by atoms with Gasteiger partial charge in [-0.05, 0) is 43.5 Å². The smallest absolute Gasteiger partial charge is 0.339 e. The molecular formula is C17H17NO2S. The highest BCUT2D eigenvalue weighted by Gasteiger charge is 2.33. The molecule has 1 aromatic heterocycles. The van der Waals surface area contributed by atoms with Crippen LogP contribution in [0.15, 0.2) is 53.7 Å². The molecule has 3 rings (SSSR count). The largest absolute Gasteiger partial charge is 0.459 e. The molecule has 0 N–H and O–H groups in total. The van der Waals surface area contributed by atoms with Gasteiger partial charge < -0.3 is 4.74 Å². The maximum atomic E-state index is 12.0. The normalized spacial score (nSPS) is 20.6. The van der Waals surface area contributed by atoms with Crippen LogP contribution in [0.5, 0.6) is 0 Å². The zero-order chi connectivity index (χ0) is 14.7. The molecule has 0 unspecified atom stereocenters. The molecule has 2 aromatic rings. The van der Waals surface area contributed by atoms with E-state index in [0.717, 1.165) is 18.4 Å². The summed E-state index contributed by atoms with van der Waals surface area (Å²) in [6.45, 7) is 1.92. The lowest BCUT2D eigenvalue weighted by molar-refractivity contribution is 0.0109. The number of ether oxygens (including phenoxy) is 1. The summed E-state index contributed by atoms with van der Waals surface area (Å²) in [7, 11) is 0. The minimum atomic E-state index is -0.264. The maximum absolute atomic E-state index is 12.0. The molecule has 1 heterocycles. The first kappa shape index (κ1) is 14.1. The van der Waals surface area contributed by atoms with E-state index in [1.54, 1.807) is 12.4 Å². The number of pyridine rings is 1. The summed E-state index contributed by atoms with van der Waals surface area (Å²) in [6, 6.07) is 12.1. The van der Waals surface area contributed by atoms with Crippen LogP contribution < -0.4 is 0 Å². The van der Waals surface area contributed by atoms with Gasteiger partial charge in [-0.3, -0.25) is 4.98 Å². The van der Waals surface area contributed by atoms with Crippen molar-refractivity contribution in [3.63, 3.8) is 0 Å². The number of benzene rings is 1. The summed E-state index contributed by atoms with van der Waals surface area (Å²) in [4.78, 5) is 17.3. The van der Waals surface area contributed by atoms with Crippen LogP contribution in [0.2, 0.25) is 0 Å². The lowest BCUT2D eigenvalue weighted by atomic mass is 9.95. The average molecular weight is 299 g/mol. The van der Waals surface area contributed by atoms with Gasteiger partial charge in [0.1, 0.15) is 6.10 Å². The molecule has 0 aliphatic heterocycles. The standard InChI is InChI=1S/C17H17NO2S/c1-12-7-13(11-18-10-12)17(19)20-14-8-16(9-14)21-15-5-3-2-4-6-15/h2-7,10-11,14,16H,8-9H2,1H3. The third-order valence-corrected chi connectivity index (χ3v) is 4.74. The van der Waals surface area contributed by atoms with Crippen molar-refractivity contribution < 1.29 is 9.53 Å². The first-order valence-electron chi connectivity index (χ1n) is 7.05. The SMILES string of the molecule is Cc1cncc(C(=O)OC2CC(Sc3ccccc3)C2)c1. The molecule has 0 saturated heterocycles. The fourth-order valence-electron chi connectivity index (χ4n) is 2.29. The Morgan fingerprint density at radius 1 is 1.24 bits per heavy atom. The maximum Gasteiger partial charge on any atom is 0.339 e. The topological polar surface area (TPSA) is 39.2 Å². The van der Waals surface area contributed by atoms with Gasteiger partial charge in [0.2, 0.25) is 0 Å². The molecule has 4 heteroatoms. The van der Waals surface area contributed by atoms with Crippen molar-refractivity contribution in [2.45, 2.75) is 36.0 Å². The van der Waals surface area contributed by atoms with Crippen molar-refractivity contribution in [3.05, 3.63) is 59.9 Å². The molecule has 0 bridgehead atoms. The fourth-order valence-corrected chi connectivity index (χ4v) is 3.61. The van der Waals surface area contributed by atoms with Crippen molar-refractivity contribution in [2.24, 2.45) is 0 Å². The molecule has 108 valence electrons. The molecule has 1 aromatic carbocycles. The van der Waals surface area contributed by atoms with Crippen LogP contribution in [0, 0.1) is 6.92 Å². The van der Waals surface area contributed by atoms with Crippen LogP contribution in [0.3, 0.4) is 0 Å². The first-order valence-corrected chi connectivity index (χ1v) is 7.93. The number of aromatic nitrogens is 1. The Hall–Kier alpha value is -1.81. The van der Waals surface area contributed by atoms with Gasteiger partial charge in [0.15, 0.2) is 0 Å². The number of esters is 1. The van der Waals surface area contributed by atoms with Crippen LogP contribution in [0.25, 0.3) is 0 Å². The second-order valence-corrected chi connectivity index (χ2v) is 6.68. The van der Waals surface area contributed by atoms with E-state index in [1.807, 2.05) is 43.0 Å². The molecular weight excluding hydrogens is 282 g/mol. The van der Waals surface area contributed by atoms with Gasteiger partial charge >= 0.3 is 5.97 Å². The van der Waals surface area contributed by atoms with E-state index >= 15 is 0 Å². The zero-order valence-corrected chi connectivity index (χ0v) is 12.7. The molecule has 1 saturated carbocycles. The molecule has 21 heavy (non-hydrogen) atoms. The summed E-state index contributed by atoms with van der Waals surface area (Å²) in [5.41, 5.74) is 1.50. The summed E-state index contributed by atoms with van der Waals surface area (Å²) >= 11 is 1.86. The third kappa shape index (κ3) is 3.64. The molecule has 0 spiro atoms. The number of hydrogen-bond donors (Lipinski definition) is 0. The number of rotatable bonds is 4. The summed E-state index contributed by atoms with van der Waals surface area (Å²) < 4.78 is 5.50. The molecule has 0 atom stereocenters. The van der Waals surface area contributed by atoms with E-state index in [2.05, 4.69) is 17.1 Å². The Morgan fingerprint density at radius 2 is 2.00 bits per heavy atom. The van der Waals surface area contributed by atoms with Crippen molar-refractivity contribution in [3.8, 4) is 0 Å². The second kappa shape index (κ2) is 6.31. The Balaban J connectivity index is 1.48. The monoisotopic (exact) mass is 299 g/mol. The highest BCUT2D eigenvalue weighted by molar-refractivity contribution is 8.00. The van der Waals surface area contributed by atoms with E-state index in [1.165, 1.54) is 4.90 Å². The summed E-state index contributed by atoms with van der Waals surface area (Å²) in [6.07, 6.45) is 5.17. The van der Waals surface area contributed by atoms with Crippen LogP contribution in [0.4, 0.5) is 0 Å². The summed E-state index contributed by atoms with van der Waals surface area (Å²) in [5, 5.41) is 0.542. The summed E-state index contributed by atoms with van der Waals surface area (Å²) in [5.74, 6) is -0.264. The Bertz CT molecular complexity index is 624. The Kier molecular flexibility index (Phi) is 4.25. The molecule has 1 aliphatic carbocycles. The van der Waals surface area contributed by atoms with Gasteiger partial charge in [-0.25, -0.2) is 4.79 Å². The van der Waals surface area contributed by atoms with Crippen LogP contribution >= 0.6 is 11.8 Å². The highest BCUT2D eigenvalue weighted by atomic mass is 32.2. The quantitative estimate of drug-likeness (QED) is 0.803. The van der Waals surface area contributed by atoms with Gasteiger partial charge in [0.05, 0.1) is 5.56 Å². The first-order chi connectivity index (χ1) is 10.2. The lowest BCUT2D eigenvalue weighted by Gasteiger charge is -2.34. The minimum absolute atomic E-state index is 0.0409.